The van der Waals surface area contributed by atoms with Crippen LogP contribution in [0.5, 0.6) is 0 Å². The van der Waals surface area contributed by atoms with Gasteiger partial charge in [-0.25, -0.2) is 4.68 Å². The fourth-order valence-electron chi connectivity index (χ4n) is 3.40. The van der Waals surface area contributed by atoms with E-state index in [-0.39, 0.29) is 24.5 Å². The summed E-state index contributed by atoms with van der Waals surface area (Å²) in [5.74, 6) is -0.00632. The van der Waals surface area contributed by atoms with Gasteiger partial charge < -0.3 is 14.9 Å². The molecule has 1 saturated heterocycles. The Hall–Kier alpha value is -1.89. The van der Waals surface area contributed by atoms with Crippen molar-refractivity contribution in [2.45, 2.75) is 18.9 Å². The highest BCUT2D eigenvalue weighted by Crippen LogP contribution is 2.25. The maximum atomic E-state index is 13.2. The van der Waals surface area contributed by atoms with Crippen LogP contribution >= 0.6 is 11.6 Å². The Morgan fingerprint density at radius 2 is 2.15 bits per heavy atom. The molecular formula is C19H25ClN4O2. The summed E-state index contributed by atoms with van der Waals surface area (Å²) in [6, 6.07) is 7.45. The van der Waals surface area contributed by atoms with Crippen molar-refractivity contribution >= 4 is 17.5 Å². The number of likely N-dealkylation sites (tertiary alicyclic amines) is 1. The highest BCUT2D eigenvalue weighted by molar-refractivity contribution is 6.33. The molecule has 0 saturated carbocycles. The number of hydrogen-bond donors (Lipinski definition) is 1. The fourth-order valence-corrected chi connectivity index (χ4v) is 3.60. The summed E-state index contributed by atoms with van der Waals surface area (Å²) in [4.78, 5) is 17.2. The molecule has 0 aliphatic carbocycles. The predicted octanol–water partition coefficient (Wildman–Crippen LogP) is 2.30. The number of carbonyl (C=O) groups is 1. The average Bonchev–Trinajstić information content (AvgIpc) is 3.07. The second kappa shape index (κ2) is 8.20. The van der Waals surface area contributed by atoms with Gasteiger partial charge in [0.15, 0.2) is 0 Å². The van der Waals surface area contributed by atoms with Gasteiger partial charge in [0.25, 0.3) is 5.91 Å². The molecule has 0 radical (unpaired) electrons. The standard InChI is InChI=1S/C19H25ClN4O2/c1-22(2)16-5-4-14(13-25)11-23(12-16)19(26)17-10-15(6-7-18(17)20)24-9-3-8-21-24/h3,6-10,14,16,25H,4-5,11-13H2,1-2H3/t14-,16+/m0/s1. The first-order chi connectivity index (χ1) is 12.5. The Kier molecular flexibility index (Phi) is 5.96. The lowest BCUT2D eigenvalue weighted by Gasteiger charge is -2.29. The molecule has 0 spiro atoms. The molecule has 1 aliphatic rings. The van der Waals surface area contributed by atoms with Gasteiger partial charge in [-0.1, -0.05) is 11.6 Å². The quantitative estimate of drug-likeness (QED) is 0.889. The van der Waals surface area contributed by atoms with Crippen molar-refractivity contribution < 1.29 is 9.90 Å². The highest BCUT2D eigenvalue weighted by atomic mass is 35.5. The van der Waals surface area contributed by atoms with Crippen LogP contribution in [-0.4, -0.2) is 70.4 Å². The summed E-state index contributed by atoms with van der Waals surface area (Å²) in [6.45, 7) is 1.26. The first-order valence-corrected chi connectivity index (χ1v) is 9.23. The second-order valence-corrected chi connectivity index (χ2v) is 7.48. The molecule has 7 heteroatoms. The summed E-state index contributed by atoms with van der Waals surface area (Å²) >= 11 is 6.34. The number of amides is 1. The Balaban J connectivity index is 1.90. The summed E-state index contributed by atoms with van der Waals surface area (Å²) in [5, 5.41) is 14.3. The normalized spacial score (nSPS) is 21.0. The lowest BCUT2D eigenvalue weighted by molar-refractivity contribution is 0.0689. The number of halogens is 1. The van der Waals surface area contributed by atoms with Crippen molar-refractivity contribution in [2.75, 3.05) is 33.8 Å². The minimum Gasteiger partial charge on any atom is -0.396 e. The first-order valence-electron chi connectivity index (χ1n) is 8.85. The van der Waals surface area contributed by atoms with Gasteiger partial charge in [0.1, 0.15) is 0 Å². The molecule has 2 heterocycles. The van der Waals surface area contributed by atoms with Crippen LogP contribution in [0.4, 0.5) is 0 Å². The van der Waals surface area contributed by atoms with Crippen LogP contribution in [0.25, 0.3) is 5.69 Å². The van der Waals surface area contributed by atoms with E-state index in [1.165, 1.54) is 0 Å². The molecule has 26 heavy (non-hydrogen) atoms. The van der Waals surface area contributed by atoms with E-state index in [2.05, 4.69) is 10.00 Å². The number of rotatable bonds is 4. The van der Waals surface area contributed by atoms with E-state index in [0.29, 0.717) is 23.7 Å². The summed E-state index contributed by atoms with van der Waals surface area (Å²) in [7, 11) is 4.05. The van der Waals surface area contributed by atoms with Crippen molar-refractivity contribution in [1.82, 2.24) is 19.6 Å². The SMILES string of the molecule is CN(C)[C@@H]1CC[C@H](CO)CN(C(=O)c2cc(-n3cccn3)ccc2Cl)C1. The minimum absolute atomic E-state index is 0.0883. The zero-order valence-electron chi connectivity index (χ0n) is 15.2. The van der Waals surface area contributed by atoms with Crippen LogP contribution in [0.15, 0.2) is 36.7 Å². The summed E-state index contributed by atoms with van der Waals surface area (Å²) in [5.41, 5.74) is 1.26. The lowest BCUT2D eigenvalue weighted by atomic mass is 10.0. The van der Waals surface area contributed by atoms with E-state index in [1.807, 2.05) is 37.3 Å². The van der Waals surface area contributed by atoms with E-state index in [9.17, 15) is 9.90 Å². The second-order valence-electron chi connectivity index (χ2n) is 7.07. The van der Waals surface area contributed by atoms with Gasteiger partial charge in [-0.15, -0.1) is 0 Å². The van der Waals surface area contributed by atoms with Gasteiger partial charge >= 0.3 is 0 Å². The summed E-state index contributed by atoms with van der Waals surface area (Å²) in [6.07, 6.45) is 5.39. The zero-order valence-corrected chi connectivity index (χ0v) is 15.9. The van der Waals surface area contributed by atoms with Crippen molar-refractivity contribution in [3.05, 3.63) is 47.2 Å². The molecule has 1 N–H and O–H groups in total. The Morgan fingerprint density at radius 1 is 1.35 bits per heavy atom. The Bertz CT molecular complexity index is 748. The van der Waals surface area contributed by atoms with Crippen molar-refractivity contribution in [2.24, 2.45) is 5.92 Å². The van der Waals surface area contributed by atoms with E-state index in [1.54, 1.807) is 23.0 Å². The molecule has 6 nitrogen and oxygen atoms in total. The number of likely N-dealkylation sites (N-methyl/N-ethyl adjacent to an activating group) is 1. The Morgan fingerprint density at radius 3 is 2.81 bits per heavy atom. The van der Waals surface area contributed by atoms with E-state index < -0.39 is 0 Å². The number of aromatic nitrogens is 2. The number of hydrogen-bond acceptors (Lipinski definition) is 4. The first kappa shape index (κ1) is 18.9. The molecular weight excluding hydrogens is 352 g/mol. The number of benzene rings is 1. The van der Waals surface area contributed by atoms with Crippen LogP contribution in [-0.2, 0) is 0 Å². The molecule has 1 fully saturated rings. The molecule has 3 rings (SSSR count). The summed E-state index contributed by atoms with van der Waals surface area (Å²) < 4.78 is 1.70. The smallest absolute Gasteiger partial charge is 0.255 e. The van der Waals surface area contributed by atoms with Crippen molar-refractivity contribution in [3.8, 4) is 5.69 Å². The number of carbonyl (C=O) groups excluding carboxylic acids is 1. The molecule has 140 valence electrons. The molecule has 2 atom stereocenters. The molecule has 2 aromatic rings. The third-order valence-electron chi connectivity index (χ3n) is 5.04. The van der Waals surface area contributed by atoms with Crippen LogP contribution < -0.4 is 0 Å². The fraction of sp³-hybridized carbons (Fsp3) is 0.474. The van der Waals surface area contributed by atoms with Crippen LogP contribution in [0.3, 0.4) is 0 Å². The van der Waals surface area contributed by atoms with Crippen LogP contribution in [0.1, 0.15) is 23.2 Å². The number of nitrogens with zero attached hydrogens (tertiary/aromatic N) is 4. The Labute approximate surface area is 159 Å². The monoisotopic (exact) mass is 376 g/mol. The van der Waals surface area contributed by atoms with Gasteiger partial charge in [0.05, 0.1) is 16.3 Å². The van der Waals surface area contributed by atoms with Crippen LogP contribution in [0, 0.1) is 5.92 Å². The van der Waals surface area contributed by atoms with E-state index in [0.717, 1.165) is 18.5 Å². The minimum atomic E-state index is -0.101. The van der Waals surface area contributed by atoms with Gasteiger partial charge in [0, 0.05) is 38.1 Å². The number of aliphatic hydroxyl groups excluding tert-OH is 1. The molecule has 1 amide bonds. The topological polar surface area (TPSA) is 61.6 Å². The van der Waals surface area contributed by atoms with Crippen molar-refractivity contribution in [1.29, 1.82) is 0 Å². The zero-order chi connectivity index (χ0) is 18.7. The molecule has 1 aromatic carbocycles. The lowest BCUT2D eigenvalue weighted by Crippen LogP contribution is -2.43. The van der Waals surface area contributed by atoms with Gasteiger partial charge in [-0.3, -0.25) is 4.79 Å². The van der Waals surface area contributed by atoms with E-state index in [4.69, 9.17) is 11.6 Å². The third-order valence-corrected chi connectivity index (χ3v) is 5.37. The van der Waals surface area contributed by atoms with Gasteiger partial charge in [-0.05, 0) is 57.1 Å². The third kappa shape index (κ3) is 4.09. The molecule has 0 bridgehead atoms. The predicted molar refractivity (Wildman–Crippen MR) is 102 cm³/mol. The van der Waals surface area contributed by atoms with Crippen LogP contribution in [0.2, 0.25) is 5.02 Å². The maximum Gasteiger partial charge on any atom is 0.255 e. The highest BCUT2D eigenvalue weighted by Gasteiger charge is 2.29. The molecule has 1 aromatic heterocycles. The maximum absolute atomic E-state index is 13.2. The molecule has 1 aliphatic heterocycles. The van der Waals surface area contributed by atoms with Gasteiger partial charge in [-0.2, -0.15) is 5.10 Å². The average molecular weight is 377 g/mol. The van der Waals surface area contributed by atoms with E-state index >= 15 is 0 Å². The number of aliphatic hydroxyl groups is 1. The largest absolute Gasteiger partial charge is 0.396 e. The van der Waals surface area contributed by atoms with Gasteiger partial charge in [0.2, 0.25) is 0 Å². The molecule has 0 unspecified atom stereocenters. The van der Waals surface area contributed by atoms with Crippen molar-refractivity contribution in [3.63, 3.8) is 0 Å².